The molecule has 0 aliphatic carbocycles. The second kappa shape index (κ2) is 10.4. The average Bonchev–Trinajstić information content (AvgIpc) is 2.78. The number of carbonyl (C=O) groups is 1. The molecule has 1 amide bonds. The van der Waals surface area contributed by atoms with Crippen LogP contribution in [0.25, 0.3) is 0 Å². The van der Waals surface area contributed by atoms with Gasteiger partial charge in [0.1, 0.15) is 6.61 Å². The summed E-state index contributed by atoms with van der Waals surface area (Å²) in [4.78, 5) is 12.0. The van der Waals surface area contributed by atoms with E-state index in [1.54, 1.807) is 12.1 Å². The third-order valence-corrected chi connectivity index (χ3v) is 5.53. The smallest absolute Gasteiger partial charge is 0.407 e. The maximum Gasteiger partial charge on any atom is 0.407 e. The molecule has 2 aromatic rings. The summed E-state index contributed by atoms with van der Waals surface area (Å²) < 4.78 is 73.1. The first-order valence-corrected chi connectivity index (χ1v) is 9.69. The zero-order valence-electron chi connectivity index (χ0n) is 16.8. The van der Waals surface area contributed by atoms with Crippen LogP contribution in [-0.2, 0) is 17.8 Å². The average molecular weight is 429 g/mol. The van der Waals surface area contributed by atoms with Gasteiger partial charge in [0.15, 0.2) is 23.3 Å². The monoisotopic (exact) mass is 429 g/mol. The molecule has 0 saturated carbocycles. The minimum absolute atomic E-state index is 0.0858. The molecule has 0 heterocycles. The van der Waals surface area contributed by atoms with Crippen molar-refractivity contribution < 1.29 is 31.5 Å². The van der Waals surface area contributed by atoms with E-state index in [9.17, 15) is 26.7 Å². The topological polar surface area (TPSA) is 38.3 Å². The highest BCUT2D eigenvalue weighted by atomic mass is 19.2. The minimum atomic E-state index is -2.17. The summed E-state index contributed by atoms with van der Waals surface area (Å²) in [5.74, 6) is -9.71. The molecule has 1 N–H and O–H groups in total. The molecule has 3 nitrogen and oxygen atoms in total. The number of ether oxygens (including phenoxy) is 1. The molecule has 0 aliphatic rings. The lowest BCUT2D eigenvalue weighted by Gasteiger charge is -2.32. The first-order chi connectivity index (χ1) is 14.2. The van der Waals surface area contributed by atoms with E-state index < -0.39 is 46.2 Å². The lowest BCUT2D eigenvalue weighted by Crippen LogP contribution is -2.37. The number of nitrogens with one attached hydrogen (secondary N) is 1. The van der Waals surface area contributed by atoms with Crippen LogP contribution in [0.3, 0.4) is 0 Å². The van der Waals surface area contributed by atoms with Gasteiger partial charge in [-0.15, -0.1) is 0 Å². The quantitative estimate of drug-likeness (QED) is 0.300. The van der Waals surface area contributed by atoms with Crippen LogP contribution in [0.2, 0.25) is 0 Å². The Morgan fingerprint density at radius 1 is 0.900 bits per heavy atom. The van der Waals surface area contributed by atoms with Gasteiger partial charge in [0.25, 0.3) is 0 Å². The molecule has 0 spiro atoms. The lowest BCUT2D eigenvalue weighted by molar-refractivity contribution is 0.129. The second-order valence-electron chi connectivity index (χ2n) is 7.17. The standard InChI is InChI=1S/C22H24F5NO2/c1-3-22(4-2,13-28-21(29)30-12-14-8-6-5-7-9-14)11-10-15-16(23)18(25)20(27)19(26)17(15)24/h5-9H,3-4,10-13H2,1-2H3,(H,28,29). The molecule has 0 fully saturated rings. The van der Waals surface area contributed by atoms with Gasteiger partial charge in [-0.2, -0.15) is 0 Å². The van der Waals surface area contributed by atoms with Crippen molar-refractivity contribution in [2.75, 3.05) is 6.54 Å². The summed E-state index contributed by atoms with van der Waals surface area (Å²) >= 11 is 0. The first-order valence-electron chi connectivity index (χ1n) is 9.69. The van der Waals surface area contributed by atoms with Gasteiger partial charge in [-0.1, -0.05) is 44.2 Å². The molecule has 2 rings (SSSR count). The van der Waals surface area contributed by atoms with Gasteiger partial charge >= 0.3 is 6.09 Å². The van der Waals surface area contributed by atoms with Gasteiger partial charge in [-0.25, -0.2) is 26.7 Å². The predicted molar refractivity (Wildman–Crippen MR) is 102 cm³/mol. The van der Waals surface area contributed by atoms with Crippen molar-refractivity contribution in [2.24, 2.45) is 5.41 Å². The molecular formula is C22H24F5NO2. The van der Waals surface area contributed by atoms with Crippen molar-refractivity contribution in [2.45, 2.75) is 46.1 Å². The fourth-order valence-corrected chi connectivity index (χ4v) is 3.24. The molecular weight excluding hydrogens is 405 g/mol. The first kappa shape index (κ1) is 23.6. The number of carbonyl (C=O) groups excluding carboxylic acids is 1. The highest BCUT2D eigenvalue weighted by Crippen LogP contribution is 2.33. The van der Waals surface area contributed by atoms with E-state index in [-0.39, 0.29) is 26.0 Å². The van der Waals surface area contributed by atoms with Gasteiger partial charge < -0.3 is 10.1 Å². The Hall–Kier alpha value is -2.64. The summed E-state index contributed by atoms with van der Waals surface area (Å²) in [7, 11) is 0. The zero-order chi connectivity index (χ0) is 22.3. The highest BCUT2D eigenvalue weighted by Gasteiger charge is 2.30. The van der Waals surface area contributed by atoms with Crippen molar-refractivity contribution >= 4 is 6.09 Å². The second-order valence-corrected chi connectivity index (χ2v) is 7.17. The van der Waals surface area contributed by atoms with Gasteiger partial charge in [0.2, 0.25) is 5.82 Å². The van der Waals surface area contributed by atoms with Crippen molar-refractivity contribution in [1.29, 1.82) is 0 Å². The van der Waals surface area contributed by atoms with E-state index >= 15 is 0 Å². The molecule has 30 heavy (non-hydrogen) atoms. The van der Waals surface area contributed by atoms with Crippen LogP contribution in [0.5, 0.6) is 0 Å². The Kier molecular flexibility index (Phi) is 8.20. The normalized spacial score (nSPS) is 11.4. The van der Waals surface area contributed by atoms with Crippen molar-refractivity contribution in [3.63, 3.8) is 0 Å². The fourth-order valence-electron chi connectivity index (χ4n) is 3.24. The number of rotatable bonds is 9. The van der Waals surface area contributed by atoms with Crippen LogP contribution in [0, 0.1) is 34.5 Å². The Morgan fingerprint density at radius 3 is 1.97 bits per heavy atom. The molecule has 0 radical (unpaired) electrons. The van der Waals surface area contributed by atoms with E-state index in [1.165, 1.54) is 0 Å². The van der Waals surface area contributed by atoms with E-state index in [4.69, 9.17) is 4.74 Å². The van der Waals surface area contributed by atoms with Crippen molar-refractivity contribution in [3.8, 4) is 0 Å². The van der Waals surface area contributed by atoms with Crippen LogP contribution in [0.4, 0.5) is 26.7 Å². The van der Waals surface area contributed by atoms with Crippen LogP contribution >= 0.6 is 0 Å². The van der Waals surface area contributed by atoms with Gasteiger partial charge in [-0.05, 0) is 36.7 Å². The third kappa shape index (κ3) is 5.49. The maximum absolute atomic E-state index is 14.0. The zero-order valence-corrected chi connectivity index (χ0v) is 16.8. The molecule has 8 heteroatoms. The Balaban J connectivity index is 2.02. The summed E-state index contributed by atoms with van der Waals surface area (Å²) in [5.41, 5.74) is -0.619. The third-order valence-electron chi connectivity index (χ3n) is 5.53. The van der Waals surface area contributed by atoms with Crippen LogP contribution < -0.4 is 5.32 Å². The fraction of sp³-hybridized carbons (Fsp3) is 0.409. The molecule has 0 aliphatic heterocycles. The summed E-state index contributed by atoms with van der Waals surface area (Å²) in [6.45, 7) is 3.89. The Bertz CT molecular complexity index is 841. The maximum atomic E-state index is 14.0. The summed E-state index contributed by atoms with van der Waals surface area (Å²) in [6.07, 6.45) is 0.169. The van der Waals surface area contributed by atoms with Gasteiger partial charge in [0.05, 0.1) is 0 Å². The number of hydrogen-bond acceptors (Lipinski definition) is 2. The summed E-state index contributed by atoms with van der Waals surface area (Å²) in [5, 5.41) is 2.64. The molecule has 0 atom stereocenters. The van der Waals surface area contributed by atoms with Gasteiger partial charge in [-0.3, -0.25) is 0 Å². The molecule has 0 saturated heterocycles. The highest BCUT2D eigenvalue weighted by molar-refractivity contribution is 5.67. The van der Waals surface area contributed by atoms with Crippen molar-refractivity contribution in [1.82, 2.24) is 5.32 Å². The predicted octanol–water partition coefficient (Wildman–Crippen LogP) is 6.05. The minimum Gasteiger partial charge on any atom is -0.445 e. The molecule has 2 aromatic carbocycles. The lowest BCUT2D eigenvalue weighted by atomic mass is 9.77. The SMILES string of the molecule is CCC(CC)(CCc1c(F)c(F)c(F)c(F)c1F)CNC(=O)OCc1ccccc1. The van der Waals surface area contributed by atoms with E-state index in [2.05, 4.69) is 5.32 Å². The molecule has 164 valence electrons. The van der Waals surface area contributed by atoms with E-state index in [0.29, 0.717) is 12.8 Å². The van der Waals surface area contributed by atoms with Crippen LogP contribution in [0.1, 0.15) is 44.2 Å². The van der Waals surface area contributed by atoms with Crippen molar-refractivity contribution in [3.05, 3.63) is 70.5 Å². The number of hydrogen-bond donors (Lipinski definition) is 1. The molecule has 0 aromatic heterocycles. The van der Waals surface area contributed by atoms with Gasteiger partial charge in [0, 0.05) is 12.1 Å². The van der Waals surface area contributed by atoms with Crippen LogP contribution in [-0.4, -0.2) is 12.6 Å². The van der Waals surface area contributed by atoms with E-state index in [0.717, 1.165) is 5.56 Å². The summed E-state index contributed by atoms with van der Waals surface area (Å²) in [6, 6.07) is 9.08. The van der Waals surface area contributed by atoms with E-state index in [1.807, 2.05) is 32.0 Å². The largest absolute Gasteiger partial charge is 0.445 e. The number of halogens is 5. The number of amides is 1. The Labute approximate surface area is 172 Å². The number of alkyl carbamates (subject to hydrolysis) is 1. The molecule has 0 bridgehead atoms. The molecule has 0 unspecified atom stereocenters. The number of benzene rings is 2. The van der Waals surface area contributed by atoms with Crippen LogP contribution in [0.15, 0.2) is 30.3 Å². The Morgan fingerprint density at radius 2 is 1.43 bits per heavy atom.